The van der Waals surface area contributed by atoms with Crippen molar-refractivity contribution in [3.63, 3.8) is 0 Å². The maximum absolute atomic E-state index is 15.8. The third-order valence-corrected chi connectivity index (χ3v) is 28.5. The zero-order chi connectivity index (χ0) is 102. The summed E-state index contributed by atoms with van der Waals surface area (Å²) < 4.78 is 87.2. The number of hydrogen-bond donors (Lipinski definition) is 6. The Bertz CT molecular complexity index is 6460. The Morgan fingerprint density at radius 2 is 1.10 bits per heavy atom. The predicted octanol–water partition coefficient (Wildman–Crippen LogP) is 12.4. The predicted molar refractivity (Wildman–Crippen MR) is 513 cm³/mol. The number of benzene rings is 3. The summed E-state index contributed by atoms with van der Waals surface area (Å²) in [6.45, 7) is 6.21. The van der Waals surface area contributed by atoms with Crippen LogP contribution in [-0.4, -0.2) is 206 Å². The topological polar surface area (TPSA) is 525 Å². The molecule has 750 valence electrons. The molecule has 10 heterocycles. The molecule has 41 heteroatoms. The van der Waals surface area contributed by atoms with Crippen molar-refractivity contribution >= 4 is 64.5 Å². The van der Waals surface area contributed by atoms with Gasteiger partial charge < -0.3 is 46.9 Å². The Kier molecular flexibility index (Phi) is 33.1. The second-order valence-electron chi connectivity index (χ2n) is 37.7. The van der Waals surface area contributed by atoms with Crippen LogP contribution in [0.5, 0.6) is 0 Å². The number of likely N-dealkylation sites (tertiary alicyclic amines) is 3. The minimum Gasteiger partial charge on any atom is -0.469 e. The van der Waals surface area contributed by atoms with Crippen molar-refractivity contribution in [2.24, 2.45) is 28.9 Å². The fourth-order valence-electron chi connectivity index (χ4n) is 19.8. The van der Waals surface area contributed by atoms with Gasteiger partial charge in [0.25, 0.3) is 23.6 Å². The van der Waals surface area contributed by atoms with Crippen molar-refractivity contribution in [1.82, 2.24) is 73.8 Å². The summed E-state index contributed by atoms with van der Waals surface area (Å²) in [7, 11) is 3.63. The fourth-order valence-corrected chi connectivity index (χ4v) is 19.8. The van der Waals surface area contributed by atoms with Crippen LogP contribution in [0.4, 0.5) is 33.9 Å². The van der Waals surface area contributed by atoms with E-state index >= 15 is 13.2 Å². The number of Topliss-reactive ketones (excluding diaryl/α,β-unsaturated/α-hetero) is 1. The van der Waals surface area contributed by atoms with Gasteiger partial charge in [0.1, 0.15) is 40.5 Å². The number of nitrogens with two attached hydrogens (primary N) is 4. The van der Waals surface area contributed by atoms with Crippen molar-refractivity contribution in [1.29, 1.82) is 21.0 Å². The van der Waals surface area contributed by atoms with Crippen LogP contribution in [0, 0.1) is 64.1 Å². The summed E-state index contributed by atoms with van der Waals surface area (Å²) in [4.78, 5) is 107. The quantitative estimate of drug-likeness (QED) is 0.00987. The first kappa shape index (κ1) is 104. The normalized spacial score (nSPS) is 22.0. The molecule has 3 saturated carbocycles. The van der Waals surface area contributed by atoms with Gasteiger partial charge in [-0.15, -0.1) is 0 Å². The van der Waals surface area contributed by atoms with E-state index in [4.69, 9.17) is 32.1 Å². The summed E-state index contributed by atoms with van der Waals surface area (Å²) in [6.07, 6.45) is 20.3. The molecule has 6 fully saturated rings. The zero-order valence-corrected chi connectivity index (χ0v) is 80.5. The average Bonchev–Trinajstić information content (AvgIpc) is 1.40. The smallest absolute Gasteiger partial charge is 0.412 e. The zero-order valence-electron chi connectivity index (χ0n) is 80.5. The number of allylic oxidation sites excluding steroid dienone is 2. The van der Waals surface area contributed by atoms with Gasteiger partial charge >= 0.3 is 18.0 Å². The van der Waals surface area contributed by atoms with Gasteiger partial charge in [-0.05, 0) is 193 Å². The molecule has 3 saturated heterocycles. The van der Waals surface area contributed by atoms with Gasteiger partial charge in [0, 0.05) is 112 Å². The molecule has 37 nitrogen and oxygen atoms in total. The number of anilines is 2. The number of aryl methyl sites for hydroxylation is 2. The Labute approximate surface area is 823 Å². The van der Waals surface area contributed by atoms with Gasteiger partial charge in [-0.2, -0.15) is 60.8 Å². The van der Waals surface area contributed by atoms with E-state index in [1.165, 1.54) is 41.5 Å². The van der Waals surface area contributed by atoms with E-state index in [1.54, 1.807) is 56.0 Å². The number of ketones is 1. The second-order valence-corrected chi connectivity index (χ2v) is 37.7. The SMILES string of the molecule is CCc1ccc(C2(F)CN(C3CCC(CC#N)(n4cc(C(N)=O)c(CC(=O)C5CC5)n4)CC3)C2)cc1.COC(=O)Cc1nn(C2(CC#N)CCC(Nc3ccc(-c4ccco4)cc3)CC2)cc1C(N)=O.COC(=O)Cc1nn(C2(CC#N)CCN(Cc3ccc(-n4ncc(C)n4)cc3)CC2F)cc1C(N)=O.COC(=O)Nc1nn(C2(CC#N)CCN(Cc3ccc(C4=CCCCC4)nc3F)CC2F)cc1C(N)=O. The Morgan fingerprint density at radius 3 is 1.58 bits per heavy atom. The van der Waals surface area contributed by atoms with E-state index in [9.17, 15) is 63.8 Å². The molecule has 10 N–H and O–H groups in total. The first-order valence-corrected chi connectivity index (χ1v) is 47.8. The maximum atomic E-state index is 15.8. The van der Waals surface area contributed by atoms with Crippen LogP contribution < -0.4 is 33.6 Å². The molecule has 3 aliphatic heterocycles. The summed E-state index contributed by atoms with van der Waals surface area (Å²) >= 11 is 0. The van der Waals surface area contributed by atoms with Gasteiger partial charge in [0.15, 0.2) is 11.5 Å². The van der Waals surface area contributed by atoms with E-state index < -0.39 is 87.8 Å². The third-order valence-electron chi connectivity index (χ3n) is 28.5. The molecular weight excluding hydrogens is 1840 g/mol. The van der Waals surface area contributed by atoms with Crippen LogP contribution in [0.25, 0.3) is 22.6 Å². The second kappa shape index (κ2) is 45.7. The number of carbonyl (C=O) groups excluding carboxylic acids is 8. The number of alkyl halides is 3. The van der Waals surface area contributed by atoms with Crippen molar-refractivity contribution in [3.8, 4) is 41.3 Å². The number of rotatable bonds is 32. The number of pyridine rings is 1. The number of ether oxygens (including phenoxy) is 3. The van der Waals surface area contributed by atoms with Crippen LogP contribution in [0.3, 0.4) is 0 Å². The first-order chi connectivity index (χ1) is 68.7. The summed E-state index contributed by atoms with van der Waals surface area (Å²) in [6, 6.07) is 40.0. The third kappa shape index (κ3) is 24.1. The minimum atomic E-state index is -1.59. The lowest BCUT2D eigenvalue weighted by molar-refractivity contribution is -0.140. The lowest BCUT2D eigenvalue weighted by atomic mass is 9.75. The van der Waals surface area contributed by atoms with Gasteiger partial charge in [-0.3, -0.25) is 72.3 Å². The highest BCUT2D eigenvalue weighted by Gasteiger charge is 2.52. The molecule has 7 aliphatic rings. The number of piperidine rings is 2. The van der Waals surface area contributed by atoms with Crippen molar-refractivity contribution in [3.05, 3.63) is 219 Å². The molecule has 5 amide bonds. The highest BCUT2D eigenvalue weighted by molar-refractivity contribution is 6.01. The molecule has 0 spiro atoms. The maximum Gasteiger partial charge on any atom is 0.412 e. The molecule has 10 aromatic rings. The lowest BCUT2D eigenvalue weighted by Crippen LogP contribution is -2.61. The van der Waals surface area contributed by atoms with Gasteiger partial charge in [-0.25, -0.2) is 22.9 Å². The fraction of sp³-hybridized carbons (Fsp3) is 0.461. The van der Waals surface area contributed by atoms with E-state index in [0.29, 0.717) is 75.4 Å². The Balaban J connectivity index is 0.000000151. The molecular formula is C102H117F4N25O12. The first-order valence-electron chi connectivity index (χ1n) is 47.8. The summed E-state index contributed by atoms with van der Waals surface area (Å²) in [5.41, 5.74) is 26.7. The molecule has 7 aromatic heterocycles. The molecule has 0 radical (unpaired) electrons. The van der Waals surface area contributed by atoms with Gasteiger partial charge in [-0.1, -0.05) is 55.5 Å². The van der Waals surface area contributed by atoms with Crippen molar-refractivity contribution < 1.29 is 74.5 Å². The largest absolute Gasteiger partial charge is 0.469 e. The summed E-state index contributed by atoms with van der Waals surface area (Å²) in [5.74, 6) is -3.82. The number of methoxy groups -OCH3 is 3. The van der Waals surface area contributed by atoms with E-state index in [-0.39, 0.29) is 141 Å². The molecule has 4 aliphatic carbocycles. The molecule has 4 unspecified atom stereocenters. The number of primary amides is 4. The Morgan fingerprint density at radius 1 is 0.573 bits per heavy atom. The number of halogens is 4. The van der Waals surface area contributed by atoms with Gasteiger partial charge in [0.05, 0.1) is 165 Å². The van der Waals surface area contributed by atoms with Crippen LogP contribution in [0.2, 0.25) is 0 Å². The molecule has 3 aromatic carbocycles. The van der Waals surface area contributed by atoms with Crippen LogP contribution in [0.1, 0.15) is 227 Å². The monoisotopic (exact) mass is 1960 g/mol. The number of furan rings is 1. The lowest BCUT2D eigenvalue weighted by Gasteiger charge is -2.51. The van der Waals surface area contributed by atoms with Crippen LogP contribution >= 0.6 is 0 Å². The highest BCUT2D eigenvalue weighted by atomic mass is 19.1. The average molecular weight is 1960 g/mol. The number of carbonyl (C=O) groups is 8. The van der Waals surface area contributed by atoms with E-state index in [1.807, 2.05) is 103 Å². The number of nitriles is 4. The molecule has 143 heavy (non-hydrogen) atoms. The van der Waals surface area contributed by atoms with Gasteiger partial charge in [0.2, 0.25) is 5.95 Å². The highest BCUT2D eigenvalue weighted by Crippen LogP contribution is 2.47. The Hall–Kier alpha value is -15.1. The van der Waals surface area contributed by atoms with Crippen LogP contribution in [0.15, 0.2) is 145 Å². The standard InChI is InChI=1S/C28H34FN5O2.C25H29F2N7O3.C25H27N5O4.C24H27FN8O3/c1-2-19-3-7-21(8-4-19)28(29)17-33(18-28)22-9-11-27(12-10-22,13-14-30)34-16-23(26(31)36)24(32-34)15-25(35)20-5-6-20;1-37-24(36)31-23-18(22(29)35)14-34(32-23)25(9-11-28)10-12-33(15-20(25)26)13-17-7-8-19(30-21(17)27)16-5-3-2-4-6-16;1-33-23(31)15-21-20(24(27)32)16-30(29-21)25(12-13-26)10-8-19(9-11-25)28-18-6-4-17(5-7-18)22-3-2-14-34-22;1-16-12-28-33(29-16)18-5-3-17(4-6-18)13-31-10-8-24(7-9-26,21(25)15-31)32-14-19(23(27)35)20(30-32)11-22(34)36-2/h3-4,7-8,16,20,22H,2,5-6,9-13,15,17-18H2,1H3,(H2,31,36);5,7-8,14,20H,2-4,6,9-10,12-13,15H2,1H3,(H2,29,35)(H,31,32,36);2-7,14,16,19,28H,8-12,15H2,1H3,(H2,27,32);3-6,12,14,21H,7-8,10-11,13,15H2,1-2H3,(H2,27,35). The van der Waals surface area contributed by atoms with Crippen molar-refractivity contribution in [2.75, 3.05) is 71.2 Å². The number of nitrogens with one attached hydrogen (secondary N) is 2. The number of aromatic nitrogens is 12. The summed E-state index contributed by atoms with van der Waals surface area (Å²) in [5, 5.41) is 70.2. The number of esters is 2. The molecule has 0 bridgehead atoms. The van der Waals surface area contributed by atoms with Crippen LogP contribution in [-0.2, 0) is 95.2 Å². The van der Waals surface area contributed by atoms with E-state index in [0.717, 1.165) is 123 Å². The minimum absolute atomic E-state index is 0.00861. The van der Waals surface area contributed by atoms with Crippen molar-refractivity contribution in [2.45, 2.75) is 233 Å². The number of hydrogen-bond acceptors (Lipinski definition) is 27. The number of amides is 5. The number of nitrogens with zero attached hydrogens (tertiary/aromatic N) is 19. The molecule has 4 atom stereocenters. The van der Waals surface area contributed by atoms with E-state index in [2.05, 4.69) is 91.8 Å². The molecule has 17 rings (SSSR count).